The summed E-state index contributed by atoms with van der Waals surface area (Å²) in [6.45, 7) is 0. The minimum Gasteiger partial charge on any atom is -0.321 e. The van der Waals surface area contributed by atoms with Crippen LogP contribution in [0.25, 0.3) is 5.52 Å². The van der Waals surface area contributed by atoms with Crippen LogP contribution in [0.4, 0.5) is 0 Å². The zero-order valence-corrected chi connectivity index (χ0v) is 10.8. The second kappa shape index (κ2) is 4.34. The summed E-state index contributed by atoms with van der Waals surface area (Å²) in [7, 11) is 0. The van der Waals surface area contributed by atoms with Gasteiger partial charge in [0.25, 0.3) is 0 Å². The van der Waals surface area contributed by atoms with Crippen LogP contribution in [0.15, 0.2) is 59.5 Å². The standard InChI is InChI=1S/C14H11BrN2/c15-14-6-2-1-4-11(14)8-12-10-17-7-3-5-13(17)9-16-12/h1-7,9-10H,8H2. The summed E-state index contributed by atoms with van der Waals surface area (Å²) in [6, 6.07) is 12.3. The molecule has 3 rings (SSSR count). The number of nitrogens with zero attached hydrogens (tertiary/aromatic N) is 2. The van der Waals surface area contributed by atoms with Crippen molar-refractivity contribution in [2.45, 2.75) is 6.42 Å². The number of hydrogen-bond donors (Lipinski definition) is 0. The van der Waals surface area contributed by atoms with E-state index in [0.717, 1.165) is 22.1 Å². The Hall–Kier alpha value is -1.61. The molecule has 17 heavy (non-hydrogen) atoms. The molecule has 0 aliphatic carbocycles. The molecule has 84 valence electrons. The van der Waals surface area contributed by atoms with Crippen LogP contribution in [0.5, 0.6) is 0 Å². The molecule has 2 nitrogen and oxygen atoms in total. The molecule has 0 saturated heterocycles. The second-order valence-electron chi connectivity index (χ2n) is 3.99. The van der Waals surface area contributed by atoms with E-state index >= 15 is 0 Å². The molecule has 0 amide bonds. The van der Waals surface area contributed by atoms with Crippen molar-refractivity contribution >= 4 is 21.4 Å². The van der Waals surface area contributed by atoms with Gasteiger partial charge in [0, 0.05) is 23.3 Å². The largest absolute Gasteiger partial charge is 0.321 e. The van der Waals surface area contributed by atoms with Gasteiger partial charge in [-0.2, -0.15) is 0 Å². The average molecular weight is 287 g/mol. The van der Waals surface area contributed by atoms with Gasteiger partial charge < -0.3 is 4.40 Å². The molecular weight excluding hydrogens is 276 g/mol. The molecular formula is C14H11BrN2. The molecule has 0 spiro atoms. The lowest BCUT2D eigenvalue weighted by Crippen LogP contribution is -1.95. The Bertz CT molecular complexity index is 658. The van der Waals surface area contributed by atoms with E-state index in [2.05, 4.69) is 49.7 Å². The van der Waals surface area contributed by atoms with Gasteiger partial charge in [-0.1, -0.05) is 34.1 Å². The first-order valence-corrected chi connectivity index (χ1v) is 6.27. The molecule has 0 radical (unpaired) electrons. The lowest BCUT2D eigenvalue weighted by Gasteiger charge is -2.04. The van der Waals surface area contributed by atoms with Crippen LogP contribution in [0.3, 0.4) is 0 Å². The quantitative estimate of drug-likeness (QED) is 0.702. The molecule has 3 heteroatoms. The van der Waals surface area contributed by atoms with Crippen molar-refractivity contribution in [1.29, 1.82) is 0 Å². The topological polar surface area (TPSA) is 17.3 Å². The first-order valence-electron chi connectivity index (χ1n) is 5.48. The number of aromatic nitrogens is 2. The fourth-order valence-corrected chi connectivity index (χ4v) is 2.33. The zero-order valence-electron chi connectivity index (χ0n) is 9.18. The van der Waals surface area contributed by atoms with Crippen LogP contribution < -0.4 is 0 Å². The van der Waals surface area contributed by atoms with Crippen molar-refractivity contribution in [2.75, 3.05) is 0 Å². The number of fused-ring (bicyclic) bond motifs is 1. The molecule has 0 atom stereocenters. The fourth-order valence-electron chi connectivity index (χ4n) is 1.90. The van der Waals surface area contributed by atoms with Crippen molar-refractivity contribution in [2.24, 2.45) is 0 Å². The highest BCUT2D eigenvalue weighted by molar-refractivity contribution is 9.10. The second-order valence-corrected chi connectivity index (χ2v) is 4.84. The lowest BCUT2D eigenvalue weighted by molar-refractivity contribution is 1.01. The minimum atomic E-state index is 0.843. The molecule has 0 fully saturated rings. The first-order chi connectivity index (χ1) is 8.33. The number of hydrogen-bond acceptors (Lipinski definition) is 1. The molecule has 0 aliphatic heterocycles. The summed E-state index contributed by atoms with van der Waals surface area (Å²) in [5, 5.41) is 0. The average Bonchev–Trinajstić information content (AvgIpc) is 2.79. The molecule has 3 aromatic rings. The van der Waals surface area contributed by atoms with E-state index in [-0.39, 0.29) is 0 Å². The van der Waals surface area contributed by atoms with Gasteiger partial charge in [-0.05, 0) is 23.8 Å². The Balaban J connectivity index is 1.97. The van der Waals surface area contributed by atoms with Gasteiger partial charge in [0.05, 0.1) is 17.4 Å². The van der Waals surface area contributed by atoms with Crippen molar-refractivity contribution in [3.8, 4) is 0 Å². The van der Waals surface area contributed by atoms with Gasteiger partial charge in [-0.25, -0.2) is 0 Å². The monoisotopic (exact) mass is 286 g/mol. The lowest BCUT2D eigenvalue weighted by atomic mass is 10.1. The fraction of sp³-hybridized carbons (Fsp3) is 0.0714. The molecule has 0 unspecified atom stereocenters. The maximum absolute atomic E-state index is 4.47. The Kier molecular flexibility index (Phi) is 2.69. The van der Waals surface area contributed by atoms with E-state index in [1.54, 1.807) is 0 Å². The van der Waals surface area contributed by atoms with Crippen molar-refractivity contribution in [1.82, 2.24) is 9.38 Å². The maximum Gasteiger partial charge on any atom is 0.0634 e. The number of benzene rings is 1. The Morgan fingerprint density at radius 3 is 2.88 bits per heavy atom. The van der Waals surface area contributed by atoms with E-state index in [4.69, 9.17) is 0 Å². The molecule has 0 N–H and O–H groups in total. The smallest absolute Gasteiger partial charge is 0.0634 e. The van der Waals surface area contributed by atoms with Crippen LogP contribution in [0.1, 0.15) is 11.3 Å². The van der Waals surface area contributed by atoms with Gasteiger partial charge in [0.15, 0.2) is 0 Å². The highest BCUT2D eigenvalue weighted by atomic mass is 79.9. The number of halogens is 1. The van der Waals surface area contributed by atoms with Crippen LogP contribution in [-0.2, 0) is 6.42 Å². The van der Waals surface area contributed by atoms with Crippen molar-refractivity contribution < 1.29 is 0 Å². The van der Waals surface area contributed by atoms with Crippen LogP contribution in [0, 0.1) is 0 Å². The van der Waals surface area contributed by atoms with Crippen LogP contribution in [0.2, 0.25) is 0 Å². The van der Waals surface area contributed by atoms with Crippen LogP contribution in [-0.4, -0.2) is 9.38 Å². The van der Waals surface area contributed by atoms with E-state index in [0.29, 0.717) is 0 Å². The van der Waals surface area contributed by atoms with Gasteiger partial charge in [0.2, 0.25) is 0 Å². The van der Waals surface area contributed by atoms with Gasteiger partial charge in [-0.15, -0.1) is 0 Å². The van der Waals surface area contributed by atoms with Gasteiger partial charge in [0.1, 0.15) is 0 Å². The molecule has 0 aliphatic rings. The predicted molar refractivity (Wildman–Crippen MR) is 72.1 cm³/mol. The molecule has 0 bridgehead atoms. The van der Waals surface area contributed by atoms with Crippen molar-refractivity contribution in [3.05, 3.63) is 70.7 Å². The summed E-state index contributed by atoms with van der Waals surface area (Å²) in [5.74, 6) is 0. The highest BCUT2D eigenvalue weighted by Crippen LogP contribution is 2.18. The normalized spacial score (nSPS) is 10.9. The summed E-state index contributed by atoms with van der Waals surface area (Å²) in [4.78, 5) is 4.47. The molecule has 2 heterocycles. The zero-order chi connectivity index (χ0) is 11.7. The third-order valence-electron chi connectivity index (χ3n) is 2.79. The molecule has 0 saturated carbocycles. The summed E-state index contributed by atoms with van der Waals surface area (Å²) >= 11 is 3.56. The summed E-state index contributed by atoms with van der Waals surface area (Å²) in [5.41, 5.74) is 3.45. The molecule has 1 aromatic carbocycles. The van der Waals surface area contributed by atoms with Crippen LogP contribution >= 0.6 is 15.9 Å². The summed E-state index contributed by atoms with van der Waals surface area (Å²) < 4.78 is 3.23. The van der Waals surface area contributed by atoms with Gasteiger partial charge in [-0.3, -0.25) is 4.98 Å². The Morgan fingerprint density at radius 1 is 1.12 bits per heavy atom. The van der Waals surface area contributed by atoms with Crippen molar-refractivity contribution in [3.63, 3.8) is 0 Å². The van der Waals surface area contributed by atoms with E-state index < -0.39 is 0 Å². The Morgan fingerprint density at radius 2 is 2.00 bits per heavy atom. The highest BCUT2D eigenvalue weighted by Gasteiger charge is 2.02. The SMILES string of the molecule is Brc1ccccc1Cc1cn2cccc2cn1. The third-order valence-corrected chi connectivity index (χ3v) is 3.57. The summed E-state index contributed by atoms with van der Waals surface area (Å²) in [6.07, 6.45) is 6.87. The molecule has 2 aromatic heterocycles. The van der Waals surface area contributed by atoms with E-state index in [1.807, 2.05) is 30.6 Å². The third kappa shape index (κ3) is 2.11. The maximum atomic E-state index is 4.47. The van der Waals surface area contributed by atoms with Gasteiger partial charge >= 0.3 is 0 Å². The van der Waals surface area contributed by atoms with E-state index in [1.165, 1.54) is 5.56 Å². The predicted octanol–water partition coefficient (Wildman–Crippen LogP) is 3.69. The minimum absolute atomic E-state index is 0.843. The van der Waals surface area contributed by atoms with E-state index in [9.17, 15) is 0 Å². The Labute approximate surface area is 108 Å². The number of rotatable bonds is 2. The first kappa shape index (κ1) is 10.5.